The Morgan fingerprint density at radius 1 is 1.00 bits per heavy atom. The van der Waals surface area contributed by atoms with E-state index in [9.17, 15) is 14.7 Å². The molecule has 0 radical (unpaired) electrons. The monoisotopic (exact) mass is 427 g/mol. The molecule has 1 aliphatic rings. The molecular weight excluding hydrogens is 402 g/mol. The zero-order valence-electron chi connectivity index (χ0n) is 18.1. The third-order valence-electron chi connectivity index (χ3n) is 5.57. The molecule has 0 spiro atoms. The van der Waals surface area contributed by atoms with Crippen LogP contribution in [0.15, 0.2) is 65.7 Å². The van der Waals surface area contributed by atoms with E-state index in [1.54, 1.807) is 6.07 Å². The molecule has 0 unspecified atom stereocenters. The van der Waals surface area contributed by atoms with Crippen LogP contribution in [-0.2, 0) is 22.4 Å². The van der Waals surface area contributed by atoms with Crippen LogP contribution in [0.5, 0.6) is 5.75 Å². The number of aryl methyl sites for hydroxylation is 2. The predicted octanol–water partition coefficient (Wildman–Crippen LogP) is 3.66. The van der Waals surface area contributed by atoms with Crippen LogP contribution in [0, 0.1) is 13.8 Å². The molecule has 0 saturated heterocycles. The van der Waals surface area contributed by atoms with Gasteiger partial charge in [0.25, 0.3) is 5.91 Å². The Kier molecular flexibility index (Phi) is 6.03. The molecule has 1 heterocycles. The van der Waals surface area contributed by atoms with Crippen molar-refractivity contribution >= 4 is 23.3 Å². The maximum Gasteiger partial charge on any atom is 0.291 e. The third-order valence-corrected chi connectivity index (χ3v) is 5.57. The zero-order chi connectivity index (χ0) is 22.7. The highest BCUT2D eigenvalue weighted by Gasteiger charge is 2.20. The lowest BCUT2D eigenvalue weighted by Crippen LogP contribution is -2.35. The summed E-state index contributed by atoms with van der Waals surface area (Å²) in [6.07, 6.45) is 1.39. The summed E-state index contributed by atoms with van der Waals surface area (Å²) >= 11 is 0. The van der Waals surface area contributed by atoms with Crippen LogP contribution in [0.1, 0.15) is 33.4 Å². The largest absolute Gasteiger partial charge is 0.508 e. The molecule has 3 N–H and O–H groups in total. The summed E-state index contributed by atoms with van der Waals surface area (Å²) in [7, 11) is 0. The molecule has 6 heteroatoms. The van der Waals surface area contributed by atoms with Crippen molar-refractivity contribution in [3.8, 4) is 5.75 Å². The lowest BCUT2D eigenvalue weighted by molar-refractivity contribution is -0.118. The normalized spacial score (nSPS) is 12.9. The lowest BCUT2D eigenvalue weighted by atomic mass is 9.93. The van der Waals surface area contributed by atoms with Crippen molar-refractivity contribution < 1.29 is 14.7 Å². The van der Waals surface area contributed by atoms with Crippen LogP contribution in [0.3, 0.4) is 0 Å². The van der Waals surface area contributed by atoms with Gasteiger partial charge in [-0.3, -0.25) is 14.6 Å². The minimum Gasteiger partial charge on any atom is -0.508 e. The summed E-state index contributed by atoms with van der Waals surface area (Å²) < 4.78 is 0. The molecule has 4 rings (SSSR count). The number of amides is 2. The van der Waals surface area contributed by atoms with Gasteiger partial charge in [0.2, 0.25) is 5.91 Å². The van der Waals surface area contributed by atoms with E-state index in [0.717, 1.165) is 34.2 Å². The van der Waals surface area contributed by atoms with Crippen LogP contribution in [0.25, 0.3) is 0 Å². The van der Waals surface area contributed by atoms with Crippen molar-refractivity contribution in [2.45, 2.75) is 26.7 Å². The van der Waals surface area contributed by atoms with Crippen molar-refractivity contribution in [2.24, 2.45) is 4.99 Å². The first-order chi connectivity index (χ1) is 15.4. The third kappa shape index (κ3) is 4.86. The fourth-order valence-electron chi connectivity index (χ4n) is 3.94. The Labute approximate surface area is 187 Å². The van der Waals surface area contributed by atoms with Gasteiger partial charge in [-0.15, -0.1) is 0 Å². The van der Waals surface area contributed by atoms with E-state index in [1.807, 2.05) is 50.2 Å². The Bertz CT molecular complexity index is 1190. The number of rotatable bonds is 6. The number of benzene rings is 3. The van der Waals surface area contributed by atoms with Gasteiger partial charge in [0, 0.05) is 12.1 Å². The lowest BCUT2D eigenvalue weighted by Gasteiger charge is -2.15. The minimum atomic E-state index is -0.425. The van der Waals surface area contributed by atoms with Gasteiger partial charge in [-0.1, -0.05) is 42.5 Å². The summed E-state index contributed by atoms with van der Waals surface area (Å²) in [6.45, 7) is 4.01. The highest BCUT2D eigenvalue weighted by Crippen LogP contribution is 2.27. The van der Waals surface area contributed by atoms with E-state index in [1.165, 1.54) is 5.56 Å². The summed E-state index contributed by atoms with van der Waals surface area (Å²) in [5.41, 5.74) is 7.09. The second kappa shape index (κ2) is 9.06. The number of amidine groups is 1. The number of anilines is 1. The van der Waals surface area contributed by atoms with Crippen molar-refractivity contribution in [2.75, 3.05) is 11.9 Å². The molecule has 0 bridgehead atoms. The number of aromatic hydroxyl groups is 1. The summed E-state index contributed by atoms with van der Waals surface area (Å²) in [6, 6.07) is 19.7. The Morgan fingerprint density at radius 2 is 1.72 bits per heavy atom. The molecule has 0 saturated carbocycles. The number of phenols is 1. The van der Waals surface area contributed by atoms with Crippen LogP contribution in [-0.4, -0.2) is 29.3 Å². The van der Waals surface area contributed by atoms with Gasteiger partial charge in [-0.05, 0) is 71.8 Å². The average molecular weight is 428 g/mol. The fourth-order valence-corrected chi connectivity index (χ4v) is 3.94. The summed E-state index contributed by atoms with van der Waals surface area (Å²) in [4.78, 5) is 27.5. The summed E-state index contributed by atoms with van der Waals surface area (Å²) in [5, 5.41) is 15.6. The van der Waals surface area contributed by atoms with Gasteiger partial charge in [-0.2, -0.15) is 0 Å². The zero-order valence-corrected chi connectivity index (χ0v) is 18.1. The van der Waals surface area contributed by atoms with E-state index < -0.39 is 5.91 Å². The van der Waals surface area contributed by atoms with Gasteiger partial charge < -0.3 is 15.7 Å². The van der Waals surface area contributed by atoms with E-state index in [-0.39, 0.29) is 18.3 Å². The first-order valence-electron chi connectivity index (χ1n) is 10.5. The number of hydrogen-bond acceptors (Lipinski definition) is 4. The number of aliphatic imine (C=N–C) groups is 1. The minimum absolute atomic E-state index is 0.0152. The van der Waals surface area contributed by atoms with Gasteiger partial charge in [0.05, 0.1) is 0 Å². The smallest absolute Gasteiger partial charge is 0.291 e. The fraction of sp³-hybridized carbons (Fsp3) is 0.192. The number of hydrogen-bond donors (Lipinski definition) is 3. The molecule has 0 fully saturated rings. The van der Waals surface area contributed by atoms with Crippen LogP contribution in [0.4, 0.5) is 5.69 Å². The number of phenolic OH excluding ortho intramolecular Hbond substituents is 1. The highest BCUT2D eigenvalue weighted by molar-refractivity contribution is 6.45. The highest BCUT2D eigenvalue weighted by atomic mass is 16.3. The van der Waals surface area contributed by atoms with E-state index in [2.05, 4.69) is 33.8 Å². The molecule has 0 aromatic heterocycles. The van der Waals surface area contributed by atoms with Crippen LogP contribution < -0.4 is 10.6 Å². The molecular formula is C26H25N3O3. The molecule has 1 aliphatic heterocycles. The molecule has 162 valence electrons. The van der Waals surface area contributed by atoms with Crippen molar-refractivity contribution in [3.05, 3.63) is 94.0 Å². The topological polar surface area (TPSA) is 90.8 Å². The first kappa shape index (κ1) is 21.3. The molecule has 0 atom stereocenters. The molecule has 0 aliphatic carbocycles. The second-order valence-corrected chi connectivity index (χ2v) is 8.06. The molecule has 32 heavy (non-hydrogen) atoms. The molecule has 3 aromatic carbocycles. The Hall–Kier alpha value is -3.93. The van der Waals surface area contributed by atoms with Crippen LogP contribution >= 0.6 is 0 Å². The second-order valence-electron chi connectivity index (χ2n) is 8.06. The maximum absolute atomic E-state index is 12.3. The molecule has 3 aromatic rings. The van der Waals surface area contributed by atoms with Gasteiger partial charge in [-0.25, -0.2) is 0 Å². The van der Waals surface area contributed by atoms with E-state index in [4.69, 9.17) is 0 Å². The quantitative estimate of drug-likeness (QED) is 0.561. The number of nitrogens with one attached hydrogen (secondary N) is 2. The SMILES string of the molecule is Cc1cc(NC(=O)C2=NCC(=O)N2)cc(C)c1Cc1ccc(O)c(Cc2ccccc2)c1. The predicted molar refractivity (Wildman–Crippen MR) is 125 cm³/mol. The van der Waals surface area contributed by atoms with Gasteiger partial charge in [0.15, 0.2) is 5.84 Å². The average Bonchev–Trinajstić information content (AvgIpc) is 3.20. The number of carbonyl (C=O) groups is 2. The Morgan fingerprint density at radius 3 is 2.38 bits per heavy atom. The van der Waals surface area contributed by atoms with E-state index in [0.29, 0.717) is 17.9 Å². The Balaban J connectivity index is 1.51. The standard InChI is InChI=1S/C26H25N3O3/c1-16-10-21(28-26(32)25-27-15-24(31)29-25)11-17(2)22(16)14-19-8-9-23(30)20(13-19)12-18-6-4-3-5-7-18/h3-11,13,30H,12,14-15H2,1-2H3,(H,28,32)(H,27,29,31). The number of nitrogens with zero attached hydrogens (tertiary/aromatic N) is 1. The molecule has 6 nitrogen and oxygen atoms in total. The van der Waals surface area contributed by atoms with E-state index >= 15 is 0 Å². The van der Waals surface area contributed by atoms with Crippen molar-refractivity contribution in [3.63, 3.8) is 0 Å². The van der Waals surface area contributed by atoms with Crippen molar-refractivity contribution in [1.29, 1.82) is 0 Å². The van der Waals surface area contributed by atoms with Crippen molar-refractivity contribution in [1.82, 2.24) is 5.32 Å². The maximum atomic E-state index is 12.3. The first-order valence-corrected chi connectivity index (χ1v) is 10.5. The molecule has 2 amide bonds. The van der Waals surface area contributed by atoms with Gasteiger partial charge in [0.1, 0.15) is 12.3 Å². The van der Waals surface area contributed by atoms with Crippen LogP contribution in [0.2, 0.25) is 0 Å². The number of carbonyl (C=O) groups excluding carboxylic acids is 2. The van der Waals surface area contributed by atoms with Gasteiger partial charge >= 0.3 is 0 Å². The summed E-state index contributed by atoms with van der Waals surface area (Å²) in [5.74, 6) is -0.361.